The first-order valence-corrected chi connectivity index (χ1v) is 3.95. The van der Waals surface area contributed by atoms with Crippen LogP contribution in [0.25, 0.3) is 0 Å². The number of aryl methyl sites for hydroxylation is 1. The summed E-state index contributed by atoms with van der Waals surface area (Å²) in [5, 5.41) is 7.56. The molecule has 0 saturated heterocycles. The summed E-state index contributed by atoms with van der Waals surface area (Å²) in [7, 11) is 0. The van der Waals surface area contributed by atoms with Crippen LogP contribution in [0.3, 0.4) is 0 Å². The molecule has 0 aliphatic heterocycles. The monoisotopic (exact) mass is 167 g/mol. The predicted molar refractivity (Wildman–Crippen MR) is 45.9 cm³/mol. The first-order chi connectivity index (χ1) is 5.83. The fourth-order valence-corrected chi connectivity index (χ4v) is 0.768. The van der Waals surface area contributed by atoms with E-state index in [0.717, 1.165) is 12.0 Å². The average molecular weight is 167 g/mol. The third kappa shape index (κ3) is 2.84. The molecule has 0 bridgehead atoms. The quantitative estimate of drug-likeness (QED) is 0.664. The number of hydrogen-bond donors (Lipinski definition) is 1. The van der Waals surface area contributed by atoms with Crippen molar-refractivity contribution in [1.29, 1.82) is 0 Å². The minimum absolute atomic E-state index is 0.573. The first-order valence-electron chi connectivity index (χ1n) is 3.95. The highest BCUT2D eigenvalue weighted by Crippen LogP contribution is 2.05. The molecule has 1 heterocycles. The van der Waals surface area contributed by atoms with Gasteiger partial charge in [0.25, 0.3) is 0 Å². The van der Waals surface area contributed by atoms with E-state index >= 15 is 0 Å². The van der Waals surface area contributed by atoms with Gasteiger partial charge >= 0.3 is 0 Å². The maximum absolute atomic E-state index is 5.31. The summed E-state index contributed by atoms with van der Waals surface area (Å²) in [6.07, 6.45) is 2.53. The Balaban J connectivity index is 2.41. The Morgan fingerprint density at radius 3 is 3.08 bits per heavy atom. The fourth-order valence-electron chi connectivity index (χ4n) is 0.768. The lowest BCUT2D eigenvalue weighted by Crippen LogP contribution is -2.07. The van der Waals surface area contributed by atoms with Gasteiger partial charge in [-0.15, -0.1) is 5.10 Å². The Labute approximate surface area is 71.8 Å². The number of nitrogens with zero attached hydrogens (tertiary/aromatic N) is 2. The van der Waals surface area contributed by atoms with Crippen LogP contribution in [-0.2, 0) is 0 Å². The molecule has 2 N–H and O–H groups in total. The molecule has 66 valence electrons. The summed E-state index contributed by atoms with van der Waals surface area (Å²) in [6.45, 7) is 3.19. The zero-order chi connectivity index (χ0) is 8.81. The normalized spacial score (nSPS) is 9.83. The molecule has 0 saturated carbocycles. The minimum atomic E-state index is 0.573. The van der Waals surface area contributed by atoms with E-state index in [0.29, 0.717) is 19.0 Å². The molecule has 1 aromatic heterocycles. The lowest BCUT2D eigenvalue weighted by Gasteiger charge is -2.02. The molecule has 4 heteroatoms. The third-order valence-electron chi connectivity index (χ3n) is 1.37. The van der Waals surface area contributed by atoms with Crippen LogP contribution in [0.15, 0.2) is 12.3 Å². The van der Waals surface area contributed by atoms with Crippen LogP contribution in [0, 0.1) is 6.92 Å². The zero-order valence-corrected chi connectivity index (χ0v) is 7.16. The van der Waals surface area contributed by atoms with Gasteiger partial charge in [0.15, 0.2) is 0 Å². The highest BCUT2D eigenvalue weighted by Gasteiger charge is 1.94. The van der Waals surface area contributed by atoms with Crippen molar-refractivity contribution in [2.45, 2.75) is 13.3 Å². The van der Waals surface area contributed by atoms with Crippen LogP contribution in [0.2, 0.25) is 0 Å². The first kappa shape index (κ1) is 8.93. The lowest BCUT2D eigenvalue weighted by atomic mass is 10.3. The molecule has 0 unspecified atom stereocenters. The maximum Gasteiger partial charge on any atom is 0.233 e. The summed E-state index contributed by atoms with van der Waals surface area (Å²) < 4.78 is 5.27. The van der Waals surface area contributed by atoms with E-state index in [1.54, 1.807) is 6.20 Å². The van der Waals surface area contributed by atoms with Gasteiger partial charge in [-0.25, -0.2) is 0 Å². The van der Waals surface area contributed by atoms with Crippen molar-refractivity contribution in [1.82, 2.24) is 10.2 Å². The summed E-state index contributed by atoms with van der Waals surface area (Å²) in [6, 6.07) is 1.85. The van der Waals surface area contributed by atoms with Crippen LogP contribution in [0.4, 0.5) is 0 Å². The molecular formula is C8H13N3O. The highest BCUT2D eigenvalue weighted by atomic mass is 16.5. The van der Waals surface area contributed by atoms with Crippen LogP contribution in [0.1, 0.15) is 12.0 Å². The second-order valence-electron chi connectivity index (χ2n) is 2.56. The van der Waals surface area contributed by atoms with Gasteiger partial charge in [-0.1, -0.05) is 0 Å². The molecule has 1 rings (SSSR count). The van der Waals surface area contributed by atoms with Gasteiger partial charge in [-0.2, -0.15) is 5.10 Å². The van der Waals surface area contributed by atoms with Crippen LogP contribution in [0.5, 0.6) is 5.88 Å². The zero-order valence-electron chi connectivity index (χ0n) is 7.16. The van der Waals surface area contributed by atoms with E-state index < -0.39 is 0 Å². The molecule has 4 nitrogen and oxygen atoms in total. The largest absolute Gasteiger partial charge is 0.477 e. The summed E-state index contributed by atoms with van der Waals surface area (Å²) in [5.41, 5.74) is 6.36. The minimum Gasteiger partial charge on any atom is -0.477 e. The fraction of sp³-hybridized carbons (Fsp3) is 0.500. The summed E-state index contributed by atoms with van der Waals surface area (Å²) >= 11 is 0. The standard InChI is InChI=1S/C8H13N3O/c1-7-5-8(11-10-6-7)12-4-2-3-9/h5-6H,2-4,9H2,1H3. The second kappa shape index (κ2) is 4.66. The van der Waals surface area contributed by atoms with E-state index in [2.05, 4.69) is 10.2 Å². The van der Waals surface area contributed by atoms with Crippen LogP contribution >= 0.6 is 0 Å². The van der Waals surface area contributed by atoms with E-state index in [1.165, 1.54) is 0 Å². The van der Waals surface area contributed by atoms with Crippen molar-refractivity contribution in [3.05, 3.63) is 17.8 Å². The third-order valence-corrected chi connectivity index (χ3v) is 1.37. The van der Waals surface area contributed by atoms with Crippen LogP contribution < -0.4 is 10.5 Å². The van der Waals surface area contributed by atoms with Gasteiger partial charge in [0, 0.05) is 6.07 Å². The van der Waals surface area contributed by atoms with Gasteiger partial charge in [-0.3, -0.25) is 0 Å². The Kier molecular flexibility index (Phi) is 3.47. The molecule has 12 heavy (non-hydrogen) atoms. The smallest absolute Gasteiger partial charge is 0.233 e. The number of ether oxygens (including phenoxy) is 1. The Morgan fingerprint density at radius 2 is 2.42 bits per heavy atom. The van der Waals surface area contributed by atoms with Gasteiger partial charge < -0.3 is 10.5 Å². The molecule has 0 amide bonds. The van der Waals surface area contributed by atoms with E-state index in [4.69, 9.17) is 10.5 Å². The predicted octanol–water partition coefficient (Wildman–Crippen LogP) is 0.513. The molecule has 0 radical (unpaired) electrons. The topological polar surface area (TPSA) is 61.0 Å². The molecule has 1 aromatic rings. The van der Waals surface area contributed by atoms with E-state index in [1.807, 2.05) is 13.0 Å². The molecular weight excluding hydrogens is 154 g/mol. The van der Waals surface area contributed by atoms with Gasteiger partial charge in [0.1, 0.15) is 0 Å². The summed E-state index contributed by atoms with van der Waals surface area (Å²) in [5.74, 6) is 0.573. The lowest BCUT2D eigenvalue weighted by molar-refractivity contribution is 0.297. The van der Waals surface area contributed by atoms with Gasteiger partial charge in [0.05, 0.1) is 12.8 Å². The van der Waals surface area contributed by atoms with Gasteiger partial charge in [-0.05, 0) is 25.5 Å². The van der Waals surface area contributed by atoms with Crippen molar-refractivity contribution in [2.24, 2.45) is 5.73 Å². The highest BCUT2D eigenvalue weighted by molar-refractivity contribution is 5.14. The number of aromatic nitrogens is 2. The SMILES string of the molecule is Cc1cnnc(OCCCN)c1. The van der Waals surface area contributed by atoms with Crippen molar-refractivity contribution in [3.63, 3.8) is 0 Å². The second-order valence-corrected chi connectivity index (χ2v) is 2.56. The molecule has 0 spiro atoms. The van der Waals surface area contributed by atoms with Crippen molar-refractivity contribution < 1.29 is 4.74 Å². The van der Waals surface area contributed by atoms with Crippen molar-refractivity contribution in [3.8, 4) is 5.88 Å². The van der Waals surface area contributed by atoms with Crippen molar-refractivity contribution in [2.75, 3.05) is 13.2 Å². The molecule has 0 fully saturated rings. The maximum atomic E-state index is 5.31. The van der Waals surface area contributed by atoms with Crippen LogP contribution in [-0.4, -0.2) is 23.3 Å². The molecule has 0 aliphatic carbocycles. The number of nitrogens with two attached hydrogens (primary N) is 1. The Bertz CT molecular complexity index is 239. The van der Waals surface area contributed by atoms with E-state index in [9.17, 15) is 0 Å². The van der Waals surface area contributed by atoms with E-state index in [-0.39, 0.29) is 0 Å². The number of hydrogen-bond acceptors (Lipinski definition) is 4. The number of rotatable bonds is 4. The molecule has 0 aromatic carbocycles. The Morgan fingerprint density at radius 1 is 1.58 bits per heavy atom. The summed E-state index contributed by atoms with van der Waals surface area (Å²) in [4.78, 5) is 0. The van der Waals surface area contributed by atoms with Crippen molar-refractivity contribution >= 4 is 0 Å². The Hall–Kier alpha value is -1.16. The van der Waals surface area contributed by atoms with Gasteiger partial charge in [0.2, 0.25) is 5.88 Å². The molecule has 0 atom stereocenters. The average Bonchev–Trinajstić information content (AvgIpc) is 2.05. The molecule has 0 aliphatic rings.